The van der Waals surface area contributed by atoms with E-state index < -0.39 is 11.3 Å². The van der Waals surface area contributed by atoms with Gasteiger partial charge in [-0.2, -0.15) is 0 Å². The molecule has 5 nitrogen and oxygen atoms in total. The van der Waals surface area contributed by atoms with Crippen LogP contribution < -0.4 is 10.5 Å². The first-order valence-corrected chi connectivity index (χ1v) is 3.29. The van der Waals surface area contributed by atoms with Gasteiger partial charge in [0.05, 0.1) is 13.1 Å². The maximum Gasteiger partial charge on any atom is 0.161 e. The largest absolute Gasteiger partial charge is 0.760 e. The molecule has 1 unspecified atom stereocenters. The highest BCUT2D eigenvalue weighted by atomic mass is 32.2. The summed E-state index contributed by atoms with van der Waals surface area (Å²) < 4.78 is 21.3. The molecule has 0 bridgehead atoms. The quantitative estimate of drug-likeness (QED) is 0.450. The van der Waals surface area contributed by atoms with Gasteiger partial charge in [-0.1, -0.05) is 0 Å². The first-order chi connectivity index (χ1) is 4.16. The molecule has 0 heterocycles. The van der Waals surface area contributed by atoms with Crippen LogP contribution in [-0.2, 0) is 16.1 Å². The first-order valence-electron chi connectivity index (χ1n) is 2.21. The number of nitrogens with one attached hydrogen (secondary N) is 1. The fourth-order valence-corrected chi connectivity index (χ4v) is 0.490. The third-order valence-electron chi connectivity index (χ3n) is 0.615. The van der Waals surface area contributed by atoms with Gasteiger partial charge < -0.3 is 10.3 Å². The standard InChI is InChI=1S/C3H8N2O3S/c4-1-3(6)2-5-9(7)8/h5H,1-2,4H2,(H,7,8)/p-1. The molecule has 0 aliphatic carbocycles. The summed E-state index contributed by atoms with van der Waals surface area (Å²) in [4.78, 5) is 10.3. The van der Waals surface area contributed by atoms with Crippen LogP contribution in [0.15, 0.2) is 0 Å². The molecule has 1 atom stereocenters. The Labute approximate surface area is 55.0 Å². The SMILES string of the molecule is NCC(=O)CNS(=O)[O-]. The van der Waals surface area contributed by atoms with E-state index in [9.17, 15) is 13.6 Å². The van der Waals surface area contributed by atoms with E-state index in [4.69, 9.17) is 5.73 Å². The van der Waals surface area contributed by atoms with Crippen LogP contribution in [0.4, 0.5) is 0 Å². The van der Waals surface area contributed by atoms with Crippen molar-refractivity contribution in [2.45, 2.75) is 0 Å². The number of hydrogen-bond donors (Lipinski definition) is 2. The molecule has 0 rings (SSSR count). The molecule has 9 heavy (non-hydrogen) atoms. The van der Waals surface area contributed by atoms with E-state index in [0.717, 1.165) is 0 Å². The molecule has 0 aromatic carbocycles. The Balaban J connectivity index is 3.28. The van der Waals surface area contributed by atoms with Crippen molar-refractivity contribution >= 4 is 17.0 Å². The summed E-state index contributed by atoms with van der Waals surface area (Å²) in [5.41, 5.74) is 4.87. The molecule has 0 spiro atoms. The Hall–Kier alpha value is -0.300. The molecule has 0 fully saturated rings. The number of carbonyl (C=O) groups excluding carboxylic acids is 1. The van der Waals surface area contributed by atoms with Gasteiger partial charge in [0.1, 0.15) is 0 Å². The van der Waals surface area contributed by atoms with Gasteiger partial charge >= 0.3 is 0 Å². The van der Waals surface area contributed by atoms with E-state index >= 15 is 0 Å². The molecule has 0 amide bonds. The lowest BCUT2D eigenvalue weighted by atomic mass is 10.4. The number of hydrogen-bond acceptors (Lipinski definition) is 4. The summed E-state index contributed by atoms with van der Waals surface area (Å²) in [6.45, 7) is -0.350. The summed E-state index contributed by atoms with van der Waals surface area (Å²) >= 11 is -2.36. The highest BCUT2D eigenvalue weighted by molar-refractivity contribution is 7.77. The number of rotatable bonds is 4. The van der Waals surface area contributed by atoms with E-state index in [1.54, 1.807) is 0 Å². The number of nitrogens with two attached hydrogens (primary N) is 1. The third-order valence-corrected chi connectivity index (χ3v) is 0.995. The Morgan fingerprint density at radius 3 is 2.67 bits per heavy atom. The summed E-state index contributed by atoms with van der Waals surface area (Å²) in [5, 5.41) is 0. The predicted octanol–water partition coefficient (Wildman–Crippen LogP) is -2.10. The highest BCUT2D eigenvalue weighted by Gasteiger charge is 1.94. The minimum absolute atomic E-state index is 0.135. The lowest BCUT2D eigenvalue weighted by molar-refractivity contribution is -0.116. The molecular weight excluding hydrogens is 144 g/mol. The molecule has 0 aromatic rings. The number of Topliss-reactive ketones (excluding diaryl/α,β-unsaturated/α-hetero) is 1. The zero-order valence-electron chi connectivity index (χ0n) is 4.62. The third kappa shape index (κ3) is 5.57. The maximum atomic E-state index is 10.3. The van der Waals surface area contributed by atoms with Crippen molar-refractivity contribution in [3.05, 3.63) is 0 Å². The minimum atomic E-state index is -2.36. The molecule has 0 radical (unpaired) electrons. The van der Waals surface area contributed by atoms with Crippen LogP contribution in [0.2, 0.25) is 0 Å². The average Bonchev–Trinajstić information content (AvgIpc) is 1.83. The van der Waals surface area contributed by atoms with E-state index in [1.807, 2.05) is 4.72 Å². The fourth-order valence-electron chi connectivity index (χ4n) is 0.212. The second kappa shape index (κ2) is 4.57. The summed E-state index contributed by atoms with van der Waals surface area (Å²) in [7, 11) is 0. The predicted molar refractivity (Wildman–Crippen MR) is 31.0 cm³/mol. The van der Waals surface area contributed by atoms with Gasteiger partial charge in [-0.3, -0.25) is 9.00 Å². The molecule has 0 saturated carbocycles. The first kappa shape index (κ1) is 8.70. The van der Waals surface area contributed by atoms with E-state index in [1.165, 1.54) is 0 Å². The van der Waals surface area contributed by atoms with E-state index in [0.29, 0.717) is 0 Å². The average molecular weight is 151 g/mol. The van der Waals surface area contributed by atoms with Gasteiger partial charge in [0.15, 0.2) is 5.78 Å². The zero-order chi connectivity index (χ0) is 7.28. The van der Waals surface area contributed by atoms with Crippen LogP contribution in [0.3, 0.4) is 0 Å². The van der Waals surface area contributed by atoms with Crippen molar-refractivity contribution in [1.82, 2.24) is 4.72 Å². The van der Waals surface area contributed by atoms with E-state index in [2.05, 4.69) is 0 Å². The molecule has 0 aliphatic rings. The van der Waals surface area contributed by atoms with Crippen molar-refractivity contribution in [3.8, 4) is 0 Å². The lowest BCUT2D eigenvalue weighted by Gasteiger charge is -2.03. The topological polar surface area (TPSA) is 95.2 Å². The Kier molecular flexibility index (Phi) is 4.41. The second-order valence-corrected chi connectivity index (χ2v) is 2.06. The second-order valence-electron chi connectivity index (χ2n) is 1.30. The van der Waals surface area contributed by atoms with Crippen molar-refractivity contribution in [2.75, 3.05) is 13.1 Å². The maximum absolute atomic E-state index is 10.3. The molecule has 0 saturated heterocycles. The van der Waals surface area contributed by atoms with Gasteiger partial charge in [0, 0.05) is 11.3 Å². The minimum Gasteiger partial charge on any atom is -0.760 e. The van der Waals surface area contributed by atoms with Crippen LogP contribution in [0.25, 0.3) is 0 Å². The Bertz CT molecular complexity index is 126. The summed E-state index contributed by atoms with van der Waals surface area (Å²) in [6, 6.07) is 0. The smallest absolute Gasteiger partial charge is 0.161 e. The molecule has 0 aliphatic heterocycles. The van der Waals surface area contributed by atoms with Crippen molar-refractivity contribution in [3.63, 3.8) is 0 Å². The Morgan fingerprint density at radius 2 is 2.33 bits per heavy atom. The number of carbonyl (C=O) groups is 1. The summed E-state index contributed by atoms with van der Waals surface area (Å²) in [5.74, 6) is -0.334. The normalized spacial score (nSPS) is 13.1. The van der Waals surface area contributed by atoms with Crippen molar-refractivity contribution in [1.29, 1.82) is 0 Å². The molecular formula is C3H7N2O3S-. The van der Waals surface area contributed by atoms with Gasteiger partial charge in [0.2, 0.25) is 0 Å². The summed E-state index contributed by atoms with van der Waals surface area (Å²) in [6.07, 6.45) is 0. The van der Waals surface area contributed by atoms with Gasteiger partial charge in [-0.05, 0) is 0 Å². The molecule has 3 N–H and O–H groups in total. The fraction of sp³-hybridized carbons (Fsp3) is 0.667. The van der Waals surface area contributed by atoms with Crippen molar-refractivity contribution in [2.24, 2.45) is 5.73 Å². The Morgan fingerprint density at radius 1 is 1.78 bits per heavy atom. The van der Waals surface area contributed by atoms with Crippen LogP contribution in [-0.4, -0.2) is 27.6 Å². The van der Waals surface area contributed by atoms with Crippen LogP contribution >= 0.6 is 0 Å². The van der Waals surface area contributed by atoms with Crippen molar-refractivity contribution < 1.29 is 13.6 Å². The highest BCUT2D eigenvalue weighted by Crippen LogP contribution is 1.65. The molecule has 54 valence electrons. The lowest BCUT2D eigenvalue weighted by Crippen LogP contribution is -2.29. The van der Waals surface area contributed by atoms with Crippen LogP contribution in [0, 0.1) is 0 Å². The molecule has 6 heteroatoms. The van der Waals surface area contributed by atoms with E-state index in [-0.39, 0.29) is 18.9 Å². The number of ketones is 1. The van der Waals surface area contributed by atoms with Crippen LogP contribution in [0.1, 0.15) is 0 Å². The van der Waals surface area contributed by atoms with Gasteiger partial charge in [-0.15, -0.1) is 0 Å². The zero-order valence-corrected chi connectivity index (χ0v) is 5.44. The van der Waals surface area contributed by atoms with Crippen LogP contribution in [0.5, 0.6) is 0 Å². The van der Waals surface area contributed by atoms with Gasteiger partial charge in [-0.25, -0.2) is 4.72 Å². The van der Waals surface area contributed by atoms with Gasteiger partial charge in [0.25, 0.3) is 0 Å². The molecule has 0 aromatic heterocycles. The monoisotopic (exact) mass is 151 g/mol.